The summed E-state index contributed by atoms with van der Waals surface area (Å²) in [5.74, 6) is 0.483. The van der Waals surface area contributed by atoms with Gasteiger partial charge in [-0.15, -0.1) is 0 Å². The molecule has 1 aliphatic rings. The number of hydrogen-bond acceptors (Lipinski definition) is 3. The molecule has 0 radical (unpaired) electrons. The number of fused-ring (bicyclic) bond motifs is 1. The number of alkyl halides is 3. The lowest BCUT2D eigenvalue weighted by Gasteiger charge is -2.11. The Labute approximate surface area is 169 Å². The monoisotopic (exact) mass is 425 g/mol. The van der Waals surface area contributed by atoms with Crippen molar-refractivity contribution in [2.45, 2.75) is 44.4 Å². The standard InChI is InChI=1S/C20H19ClF3N3O2/c1-29-17-7-6-12(8-15(17)21)11-26-16-9-13(20(22,23)24)10-25-18(16)27(19(26)28)14-4-2-3-5-14/h6-10,14H,2-5,11H2,1H3. The van der Waals surface area contributed by atoms with E-state index in [2.05, 4.69) is 4.98 Å². The number of imidazole rings is 1. The molecule has 1 aromatic carbocycles. The molecule has 1 aliphatic carbocycles. The van der Waals surface area contributed by atoms with Crippen molar-refractivity contribution >= 4 is 22.8 Å². The first-order valence-corrected chi connectivity index (χ1v) is 9.68. The molecule has 0 saturated heterocycles. The van der Waals surface area contributed by atoms with Crippen LogP contribution in [0.15, 0.2) is 35.3 Å². The molecule has 3 aromatic rings. The number of methoxy groups -OCH3 is 1. The van der Waals surface area contributed by atoms with Gasteiger partial charge in [-0.25, -0.2) is 9.78 Å². The Morgan fingerprint density at radius 2 is 1.97 bits per heavy atom. The van der Waals surface area contributed by atoms with Crippen molar-refractivity contribution in [1.29, 1.82) is 0 Å². The van der Waals surface area contributed by atoms with Crippen LogP contribution in [0.1, 0.15) is 42.9 Å². The Morgan fingerprint density at radius 1 is 1.24 bits per heavy atom. The second kappa shape index (κ2) is 7.40. The molecule has 154 valence electrons. The minimum absolute atomic E-state index is 0.0463. The van der Waals surface area contributed by atoms with Crippen molar-refractivity contribution in [1.82, 2.24) is 14.1 Å². The average molecular weight is 426 g/mol. The second-order valence-electron chi connectivity index (χ2n) is 7.21. The van der Waals surface area contributed by atoms with Gasteiger partial charge in [0, 0.05) is 12.2 Å². The number of pyridine rings is 1. The van der Waals surface area contributed by atoms with Crippen LogP contribution in [0.5, 0.6) is 5.75 Å². The maximum Gasteiger partial charge on any atom is 0.417 e. The summed E-state index contributed by atoms with van der Waals surface area (Å²) in [5.41, 5.74) is -0.0975. The minimum Gasteiger partial charge on any atom is -0.495 e. The molecular weight excluding hydrogens is 407 g/mol. The normalized spacial score (nSPS) is 15.3. The summed E-state index contributed by atoms with van der Waals surface area (Å²) in [6.07, 6.45) is -0.147. The number of ether oxygens (including phenoxy) is 1. The number of nitrogens with zero attached hydrogens (tertiary/aromatic N) is 3. The number of halogens is 4. The Hall–Kier alpha value is -2.48. The van der Waals surface area contributed by atoms with E-state index in [1.807, 2.05) is 0 Å². The van der Waals surface area contributed by atoms with Crippen LogP contribution in [0.3, 0.4) is 0 Å². The summed E-state index contributed by atoms with van der Waals surface area (Å²) in [6.45, 7) is 0.0851. The fourth-order valence-electron chi connectivity index (χ4n) is 3.94. The smallest absolute Gasteiger partial charge is 0.417 e. The topological polar surface area (TPSA) is 49.0 Å². The predicted molar refractivity (Wildman–Crippen MR) is 104 cm³/mol. The van der Waals surface area contributed by atoms with E-state index >= 15 is 0 Å². The van der Waals surface area contributed by atoms with Gasteiger partial charge in [-0.2, -0.15) is 13.2 Å². The maximum absolute atomic E-state index is 13.3. The van der Waals surface area contributed by atoms with E-state index in [0.29, 0.717) is 16.3 Å². The van der Waals surface area contributed by atoms with Crippen LogP contribution in [0.4, 0.5) is 13.2 Å². The zero-order valence-electron chi connectivity index (χ0n) is 15.7. The molecule has 0 N–H and O–H groups in total. The van der Waals surface area contributed by atoms with Crippen LogP contribution in [0.2, 0.25) is 5.02 Å². The molecule has 2 aromatic heterocycles. The van der Waals surface area contributed by atoms with E-state index < -0.39 is 11.7 Å². The molecule has 0 aliphatic heterocycles. The minimum atomic E-state index is -4.54. The van der Waals surface area contributed by atoms with Gasteiger partial charge in [-0.05, 0) is 36.6 Å². The third kappa shape index (κ3) is 3.61. The lowest BCUT2D eigenvalue weighted by molar-refractivity contribution is -0.137. The molecule has 4 rings (SSSR count). The van der Waals surface area contributed by atoms with E-state index in [-0.39, 0.29) is 29.4 Å². The lowest BCUT2D eigenvalue weighted by atomic mass is 10.2. The fraction of sp³-hybridized carbons (Fsp3) is 0.400. The van der Waals surface area contributed by atoms with Crippen LogP contribution in [0.25, 0.3) is 11.2 Å². The highest BCUT2D eigenvalue weighted by Gasteiger charge is 2.33. The number of hydrogen-bond donors (Lipinski definition) is 0. The third-order valence-corrected chi connectivity index (χ3v) is 5.67. The molecule has 0 unspecified atom stereocenters. The van der Waals surface area contributed by atoms with Crippen LogP contribution >= 0.6 is 11.6 Å². The highest BCUT2D eigenvalue weighted by atomic mass is 35.5. The summed E-state index contributed by atoms with van der Waals surface area (Å²) in [6, 6.07) is 6.00. The second-order valence-corrected chi connectivity index (χ2v) is 7.62. The van der Waals surface area contributed by atoms with Gasteiger partial charge in [0.1, 0.15) is 5.75 Å². The van der Waals surface area contributed by atoms with Gasteiger partial charge in [0.05, 0.1) is 29.8 Å². The van der Waals surface area contributed by atoms with Crippen molar-refractivity contribution in [2.75, 3.05) is 7.11 Å². The third-order valence-electron chi connectivity index (χ3n) is 5.38. The molecule has 2 heterocycles. The molecular formula is C20H19ClF3N3O2. The quantitative estimate of drug-likeness (QED) is 0.588. The zero-order valence-corrected chi connectivity index (χ0v) is 16.4. The van der Waals surface area contributed by atoms with Crippen LogP contribution in [0, 0.1) is 0 Å². The molecule has 0 amide bonds. The largest absolute Gasteiger partial charge is 0.495 e. The van der Waals surface area contributed by atoms with E-state index in [1.165, 1.54) is 11.7 Å². The Morgan fingerprint density at radius 3 is 2.59 bits per heavy atom. The zero-order chi connectivity index (χ0) is 20.8. The SMILES string of the molecule is COc1ccc(Cn2c(=O)n(C3CCCC3)c3ncc(C(F)(F)F)cc32)cc1Cl. The molecule has 29 heavy (non-hydrogen) atoms. The summed E-state index contributed by atoms with van der Waals surface area (Å²) in [5, 5.41) is 0.367. The van der Waals surface area contributed by atoms with E-state index in [9.17, 15) is 18.0 Å². The van der Waals surface area contributed by atoms with E-state index in [4.69, 9.17) is 16.3 Å². The Bertz CT molecular complexity index is 1110. The van der Waals surface area contributed by atoms with Gasteiger partial charge in [0.15, 0.2) is 5.65 Å². The highest BCUT2D eigenvalue weighted by Crippen LogP contribution is 2.34. The van der Waals surface area contributed by atoms with Gasteiger partial charge >= 0.3 is 11.9 Å². The maximum atomic E-state index is 13.3. The summed E-state index contributed by atoms with van der Waals surface area (Å²) < 4.78 is 47.8. The van der Waals surface area contributed by atoms with Crippen molar-refractivity contribution in [2.24, 2.45) is 0 Å². The summed E-state index contributed by atoms with van der Waals surface area (Å²) in [7, 11) is 1.49. The molecule has 0 atom stereocenters. The van der Waals surface area contributed by atoms with Gasteiger partial charge in [0.25, 0.3) is 0 Å². The Balaban J connectivity index is 1.87. The van der Waals surface area contributed by atoms with Crippen LogP contribution < -0.4 is 10.4 Å². The van der Waals surface area contributed by atoms with Crippen molar-refractivity contribution in [3.8, 4) is 5.75 Å². The first-order chi connectivity index (χ1) is 13.8. The lowest BCUT2D eigenvalue weighted by Crippen LogP contribution is -2.27. The van der Waals surface area contributed by atoms with E-state index in [0.717, 1.165) is 37.9 Å². The van der Waals surface area contributed by atoms with Crippen molar-refractivity contribution in [3.05, 3.63) is 57.1 Å². The van der Waals surface area contributed by atoms with Gasteiger partial charge in [0.2, 0.25) is 0 Å². The number of rotatable bonds is 4. The molecule has 1 fully saturated rings. The summed E-state index contributed by atoms with van der Waals surface area (Å²) >= 11 is 6.17. The Kier molecular flexibility index (Phi) is 5.06. The molecule has 5 nitrogen and oxygen atoms in total. The fourth-order valence-corrected chi connectivity index (χ4v) is 4.22. The average Bonchev–Trinajstić information content (AvgIpc) is 3.28. The molecule has 9 heteroatoms. The first kappa shape index (κ1) is 19.8. The molecule has 1 saturated carbocycles. The van der Waals surface area contributed by atoms with Gasteiger partial charge < -0.3 is 4.74 Å². The van der Waals surface area contributed by atoms with Crippen LogP contribution in [-0.4, -0.2) is 21.2 Å². The van der Waals surface area contributed by atoms with Gasteiger partial charge in [-0.1, -0.05) is 30.5 Å². The van der Waals surface area contributed by atoms with Crippen molar-refractivity contribution in [3.63, 3.8) is 0 Å². The first-order valence-electron chi connectivity index (χ1n) is 9.30. The number of aromatic nitrogens is 3. The van der Waals surface area contributed by atoms with Crippen molar-refractivity contribution < 1.29 is 17.9 Å². The molecule has 0 bridgehead atoms. The van der Waals surface area contributed by atoms with Crippen LogP contribution in [-0.2, 0) is 12.7 Å². The van der Waals surface area contributed by atoms with E-state index in [1.54, 1.807) is 22.8 Å². The number of benzene rings is 1. The predicted octanol–water partition coefficient (Wildman–Crippen LogP) is 5.04. The molecule has 0 spiro atoms. The highest BCUT2D eigenvalue weighted by molar-refractivity contribution is 6.32. The summed E-state index contributed by atoms with van der Waals surface area (Å²) in [4.78, 5) is 17.2. The van der Waals surface area contributed by atoms with Gasteiger partial charge in [-0.3, -0.25) is 9.13 Å².